The van der Waals surface area contributed by atoms with E-state index in [-0.39, 0.29) is 6.04 Å². The number of rotatable bonds is 6. The average Bonchev–Trinajstić information content (AvgIpc) is 2.60. The Kier molecular flexibility index (Phi) is 5.44. The van der Waals surface area contributed by atoms with E-state index < -0.39 is 0 Å². The summed E-state index contributed by atoms with van der Waals surface area (Å²) in [5, 5.41) is 4.18. The molecule has 0 aliphatic heterocycles. The second-order valence-electron chi connectivity index (χ2n) is 3.92. The minimum Gasteiger partial charge on any atom is -0.323 e. The SMILES string of the molecule is CCN(CC)CCC(N)c1c(Br)cnn1C. The molecule has 4 nitrogen and oxygen atoms in total. The molecule has 0 aromatic carbocycles. The first kappa shape index (κ1) is 13.7. The maximum Gasteiger partial charge on any atom is 0.0690 e. The van der Waals surface area contributed by atoms with Crippen LogP contribution in [0.5, 0.6) is 0 Å². The van der Waals surface area contributed by atoms with Crippen LogP contribution in [0.3, 0.4) is 0 Å². The van der Waals surface area contributed by atoms with E-state index in [9.17, 15) is 0 Å². The van der Waals surface area contributed by atoms with Gasteiger partial charge < -0.3 is 10.6 Å². The maximum atomic E-state index is 6.18. The van der Waals surface area contributed by atoms with Crippen molar-refractivity contribution in [3.8, 4) is 0 Å². The van der Waals surface area contributed by atoms with Crippen LogP contribution in [0.25, 0.3) is 0 Å². The molecule has 0 saturated heterocycles. The van der Waals surface area contributed by atoms with E-state index in [1.54, 1.807) is 6.20 Å². The van der Waals surface area contributed by atoms with Gasteiger partial charge in [-0.2, -0.15) is 5.10 Å². The van der Waals surface area contributed by atoms with Gasteiger partial charge in [0.1, 0.15) is 0 Å². The molecule has 0 bridgehead atoms. The van der Waals surface area contributed by atoms with Gasteiger partial charge in [-0.15, -0.1) is 0 Å². The molecule has 1 aromatic heterocycles. The van der Waals surface area contributed by atoms with Gasteiger partial charge in [0.05, 0.1) is 16.4 Å². The Labute approximate surface area is 106 Å². The van der Waals surface area contributed by atoms with Gasteiger partial charge in [0.2, 0.25) is 0 Å². The molecule has 1 heterocycles. The van der Waals surface area contributed by atoms with Crippen molar-refractivity contribution in [1.82, 2.24) is 14.7 Å². The van der Waals surface area contributed by atoms with E-state index in [1.165, 1.54) is 0 Å². The highest BCUT2D eigenvalue weighted by Gasteiger charge is 2.15. The Bertz CT molecular complexity index is 300. The van der Waals surface area contributed by atoms with Crippen molar-refractivity contribution in [3.05, 3.63) is 16.4 Å². The van der Waals surface area contributed by atoms with Crippen LogP contribution in [0.2, 0.25) is 0 Å². The van der Waals surface area contributed by atoms with Crippen LogP contribution in [0.1, 0.15) is 32.0 Å². The van der Waals surface area contributed by atoms with Crippen LogP contribution < -0.4 is 5.73 Å². The number of hydrogen-bond acceptors (Lipinski definition) is 3. The standard InChI is InChI=1S/C11H21BrN4/c1-4-16(5-2)7-6-10(13)11-9(12)8-14-15(11)3/h8,10H,4-7,13H2,1-3H3. The summed E-state index contributed by atoms with van der Waals surface area (Å²) in [6.45, 7) is 7.54. The first-order valence-electron chi connectivity index (χ1n) is 5.75. The Morgan fingerprint density at radius 1 is 1.50 bits per heavy atom. The molecule has 0 amide bonds. The third-order valence-electron chi connectivity index (χ3n) is 2.94. The van der Waals surface area contributed by atoms with Gasteiger partial charge >= 0.3 is 0 Å². The summed E-state index contributed by atoms with van der Waals surface area (Å²) in [4.78, 5) is 2.38. The van der Waals surface area contributed by atoms with Crippen LogP contribution in [0.4, 0.5) is 0 Å². The topological polar surface area (TPSA) is 47.1 Å². The number of nitrogens with zero attached hydrogens (tertiary/aromatic N) is 3. The summed E-state index contributed by atoms with van der Waals surface area (Å²) in [6.07, 6.45) is 2.76. The molecule has 1 rings (SSSR count). The lowest BCUT2D eigenvalue weighted by molar-refractivity contribution is 0.289. The zero-order valence-electron chi connectivity index (χ0n) is 10.3. The Morgan fingerprint density at radius 3 is 2.56 bits per heavy atom. The molecule has 2 N–H and O–H groups in total. The molecule has 0 spiro atoms. The van der Waals surface area contributed by atoms with Crippen molar-refractivity contribution < 1.29 is 0 Å². The normalized spacial score (nSPS) is 13.4. The third kappa shape index (κ3) is 3.30. The van der Waals surface area contributed by atoms with E-state index in [4.69, 9.17) is 5.73 Å². The van der Waals surface area contributed by atoms with E-state index in [1.807, 2.05) is 11.7 Å². The van der Waals surface area contributed by atoms with Crippen LogP contribution in [-0.4, -0.2) is 34.3 Å². The molecule has 5 heteroatoms. The number of aryl methyl sites for hydroxylation is 1. The smallest absolute Gasteiger partial charge is 0.0690 e. The first-order chi connectivity index (χ1) is 7.60. The van der Waals surface area contributed by atoms with Crippen molar-refractivity contribution in [2.75, 3.05) is 19.6 Å². The van der Waals surface area contributed by atoms with E-state index in [2.05, 4.69) is 39.8 Å². The highest BCUT2D eigenvalue weighted by molar-refractivity contribution is 9.10. The molecular formula is C11H21BrN4. The van der Waals surface area contributed by atoms with Gasteiger partial charge in [0.25, 0.3) is 0 Å². The van der Waals surface area contributed by atoms with Gasteiger partial charge in [-0.3, -0.25) is 4.68 Å². The number of hydrogen-bond donors (Lipinski definition) is 1. The zero-order chi connectivity index (χ0) is 12.1. The minimum atomic E-state index is 0.0440. The molecule has 0 radical (unpaired) electrons. The summed E-state index contributed by atoms with van der Waals surface area (Å²) in [7, 11) is 1.93. The lowest BCUT2D eigenvalue weighted by Crippen LogP contribution is -2.27. The summed E-state index contributed by atoms with van der Waals surface area (Å²) in [6, 6.07) is 0.0440. The summed E-state index contributed by atoms with van der Waals surface area (Å²) < 4.78 is 2.85. The third-order valence-corrected chi connectivity index (χ3v) is 3.55. The Balaban J connectivity index is 2.55. The molecule has 0 aliphatic rings. The number of nitrogens with two attached hydrogens (primary N) is 1. The Hall–Kier alpha value is -0.390. The fraction of sp³-hybridized carbons (Fsp3) is 0.727. The van der Waals surface area contributed by atoms with Gasteiger partial charge in [0, 0.05) is 13.1 Å². The van der Waals surface area contributed by atoms with Gasteiger partial charge in [-0.25, -0.2) is 0 Å². The monoisotopic (exact) mass is 288 g/mol. The molecule has 16 heavy (non-hydrogen) atoms. The number of halogens is 1. The Morgan fingerprint density at radius 2 is 2.12 bits per heavy atom. The molecule has 1 aromatic rings. The molecule has 1 atom stereocenters. The predicted molar refractivity (Wildman–Crippen MR) is 70.2 cm³/mol. The number of aromatic nitrogens is 2. The summed E-state index contributed by atoms with van der Waals surface area (Å²) in [5.74, 6) is 0. The molecule has 0 fully saturated rings. The molecule has 1 unspecified atom stereocenters. The lowest BCUT2D eigenvalue weighted by Gasteiger charge is -2.20. The summed E-state index contributed by atoms with van der Waals surface area (Å²) >= 11 is 3.48. The van der Waals surface area contributed by atoms with Gasteiger partial charge in [-0.05, 0) is 42.0 Å². The van der Waals surface area contributed by atoms with E-state index >= 15 is 0 Å². The van der Waals surface area contributed by atoms with E-state index in [0.717, 1.165) is 36.2 Å². The van der Waals surface area contributed by atoms with Crippen LogP contribution in [-0.2, 0) is 7.05 Å². The lowest BCUT2D eigenvalue weighted by atomic mass is 10.1. The van der Waals surface area contributed by atoms with Crippen LogP contribution in [0.15, 0.2) is 10.7 Å². The molecule has 92 valence electrons. The average molecular weight is 289 g/mol. The van der Waals surface area contributed by atoms with Crippen molar-refractivity contribution in [2.24, 2.45) is 12.8 Å². The quantitative estimate of drug-likeness (QED) is 0.870. The molecular weight excluding hydrogens is 268 g/mol. The predicted octanol–water partition coefficient (Wildman–Crippen LogP) is 1.91. The first-order valence-corrected chi connectivity index (χ1v) is 6.54. The second kappa shape index (κ2) is 6.37. The molecule has 0 aliphatic carbocycles. The van der Waals surface area contributed by atoms with Gasteiger partial charge in [0.15, 0.2) is 0 Å². The van der Waals surface area contributed by atoms with Crippen molar-refractivity contribution in [2.45, 2.75) is 26.3 Å². The largest absolute Gasteiger partial charge is 0.323 e. The maximum absolute atomic E-state index is 6.18. The highest BCUT2D eigenvalue weighted by atomic mass is 79.9. The fourth-order valence-electron chi connectivity index (χ4n) is 1.84. The van der Waals surface area contributed by atoms with Crippen LogP contribution >= 0.6 is 15.9 Å². The second-order valence-corrected chi connectivity index (χ2v) is 4.78. The van der Waals surface area contributed by atoms with Crippen LogP contribution in [0, 0.1) is 0 Å². The minimum absolute atomic E-state index is 0.0440. The van der Waals surface area contributed by atoms with E-state index in [0.29, 0.717) is 0 Å². The molecule has 0 saturated carbocycles. The zero-order valence-corrected chi connectivity index (χ0v) is 11.9. The highest BCUT2D eigenvalue weighted by Crippen LogP contribution is 2.23. The van der Waals surface area contributed by atoms with Crippen molar-refractivity contribution in [3.63, 3.8) is 0 Å². The van der Waals surface area contributed by atoms with Crippen molar-refractivity contribution in [1.29, 1.82) is 0 Å². The summed E-state index contributed by atoms with van der Waals surface area (Å²) in [5.41, 5.74) is 7.26. The van der Waals surface area contributed by atoms with Crippen molar-refractivity contribution >= 4 is 15.9 Å². The fourth-order valence-corrected chi connectivity index (χ4v) is 2.48. The van der Waals surface area contributed by atoms with Gasteiger partial charge in [-0.1, -0.05) is 13.8 Å².